The molecule has 0 aromatic heterocycles. The number of hydrogen-bond acceptors (Lipinski definition) is 8. The lowest BCUT2D eigenvalue weighted by Gasteiger charge is -2.30. The third kappa shape index (κ3) is 9.24. The van der Waals surface area contributed by atoms with Crippen LogP contribution in [0, 0.1) is 11.8 Å². The normalized spacial score (nSPS) is 19.2. The maximum atomic E-state index is 13.0. The lowest BCUT2D eigenvalue weighted by atomic mass is 10.0. The van der Waals surface area contributed by atoms with Gasteiger partial charge in [-0.05, 0) is 38.5 Å². The van der Waals surface area contributed by atoms with Gasteiger partial charge in [0.2, 0.25) is 29.5 Å². The van der Waals surface area contributed by atoms with Gasteiger partial charge in [-0.2, -0.15) is 0 Å². The van der Waals surface area contributed by atoms with Crippen LogP contribution in [0.1, 0.15) is 54.4 Å². The molecule has 38 heavy (non-hydrogen) atoms. The first kappa shape index (κ1) is 32.8. The van der Waals surface area contributed by atoms with Crippen LogP contribution in [0.4, 0.5) is 0 Å². The van der Waals surface area contributed by atoms with Gasteiger partial charge in [0.05, 0.1) is 6.10 Å². The molecule has 1 rings (SSSR count). The first-order valence-electron chi connectivity index (χ1n) is 12.7. The van der Waals surface area contributed by atoms with Gasteiger partial charge in [0, 0.05) is 6.54 Å². The van der Waals surface area contributed by atoms with Crippen LogP contribution < -0.4 is 27.0 Å². The van der Waals surface area contributed by atoms with Crippen LogP contribution in [0.2, 0.25) is 0 Å². The SMILES string of the molecule is CC(C)[C@H](NC(=O)[C@H](C)NC(=O)[C@@H](NC(=O)[C@@H]1CCCN1C(=O)[C@@H](N)[C@@H](C)O)C(C)C)C(=O)NCC(=O)O. The largest absolute Gasteiger partial charge is 0.480 e. The van der Waals surface area contributed by atoms with E-state index in [4.69, 9.17) is 10.8 Å². The molecule has 1 aliphatic heterocycles. The number of carbonyl (C=O) groups excluding carboxylic acids is 5. The van der Waals surface area contributed by atoms with Crippen LogP contribution in [-0.4, -0.2) is 100 Å². The summed E-state index contributed by atoms with van der Waals surface area (Å²) in [5.41, 5.74) is 5.76. The molecule has 14 heteroatoms. The van der Waals surface area contributed by atoms with E-state index in [-0.39, 0.29) is 11.8 Å². The van der Waals surface area contributed by atoms with Crippen molar-refractivity contribution < 1.29 is 39.0 Å². The molecule has 1 saturated heterocycles. The number of aliphatic hydroxyl groups excluding tert-OH is 1. The Morgan fingerprint density at radius 2 is 1.42 bits per heavy atom. The molecule has 1 heterocycles. The molecule has 0 bridgehead atoms. The zero-order valence-corrected chi connectivity index (χ0v) is 22.8. The summed E-state index contributed by atoms with van der Waals surface area (Å²) < 4.78 is 0. The molecule has 0 unspecified atom stereocenters. The minimum absolute atomic E-state index is 0.296. The molecule has 0 aliphatic carbocycles. The number of aliphatic carboxylic acids is 1. The van der Waals surface area contributed by atoms with Crippen molar-refractivity contribution in [1.29, 1.82) is 0 Å². The zero-order valence-electron chi connectivity index (χ0n) is 22.8. The Labute approximate surface area is 222 Å². The van der Waals surface area contributed by atoms with Gasteiger partial charge in [-0.3, -0.25) is 28.8 Å². The number of rotatable bonds is 13. The van der Waals surface area contributed by atoms with Crippen LogP contribution in [-0.2, 0) is 28.8 Å². The number of amides is 5. The standard InChI is InChI=1S/C24H42N6O8/c1-11(2)18(22(36)26-10-16(32)33)28-20(34)13(5)27-23(37)19(12(3)4)29-21(35)15-8-7-9-30(15)24(38)17(25)14(6)31/h11-15,17-19,31H,7-10,25H2,1-6H3,(H,26,36)(H,27,37)(H,28,34)(H,29,35)(H,32,33)/t13-,14+,15-,17-,18-,19-/m0/s1. The van der Waals surface area contributed by atoms with Crippen molar-refractivity contribution in [1.82, 2.24) is 26.2 Å². The van der Waals surface area contributed by atoms with E-state index < -0.39 is 78.4 Å². The highest BCUT2D eigenvalue weighted by Gasteiger charge is 2.39. The number of hydrogen-bond donors (Lipinski definition) is 7. The molecular weight excluding hydrogens is 500 g/mol. The summed E-state index contributed by atoms with van der Waals surface area (Å²) in [5, 5.41) is 28.3. The Balaban J connectivity index is 2.85. The van der Waals surface area contributed by atoms with Crippen molar-refractivity contribution in [2.45, 2.75) is 90.7 Å². The third-order valence-corrected chi connectivity index (χ3v) is 6.30. The lowest BCUT2D eigenvalue weighted by Crippen LogP contribution is -2.60. The van der Waals surface area contributed by atoms with Gasteiger partial charge in [0.1, 0.15) is 36.8 Å². The Bertz CT molecular complexity index is 893. The summed E-state index contributed by atoms with van der Waals surface area (Å²) in [6.45, 7) is 9.24. The van der Waals surface area contributed by atoms with Gasteiger partial charge in [-0.1, -0.05) is 27.7 Å². The average Bonchev–Trinajstić information content (AvgIpc) is 3.32. The summed E-state index contributed by atoms with van der Waals surface area (Å²) in [7, 11) is 0. The summed E-state index contributed by atoms with van der Waals surface area (Å²) in [6, 6.07) is -5.16. The van der Waals surface area contributed by atoms with Crippen molar-refractivity contribution >= 4 is 35.5 Å². The minimum Gasteiger partial charge on any atom is -0.480 e. The fraction of sp³-hybridized carbons (Fsp3) is 0.750. The lowest BCUT2D eigenvalue weighted by molar-refractivity contribution is -0.142. The fourth-order valence-electron chi connectivity index (χ4n) is 3.94. The van der Waals surface area contributed by atoms with Gasteiger partial charge in [-0.25, -0.2) is 0 Å². The average molecular weight is 543 g/mol. The maximum Gasteiger partial charge on any atom is 0.322 e. The molecule has 1 aliphatic rings. The Morgan fingerprint density at radius 3 is 1.92 bits per heavy atom. The topological polar surface area (TPSA) is 220 Å². The minimum atomic E-state index is -1.23. The van der Waals surface area contributed by atoms with E-state index in [9.17, 15) is 33.9 Å². The second kappa shape index (κ2) is 14.6. The second-order valence-electron chi connectivity index (χ2n) is 10.3. The van der Waals surface area contributed by atoms with Crippen molar-refractivity contribution in [2.75, 3.05) is 13.1 Å². The summed E-state index contributed by atoms with van der Waals surface area (Å²) >= 11 is 0. The van der Waals surface area contributed by atoms with E-state index in [1.165, 1.54) is 18.7 Å². The first-order chi connectivity index (χ1) is 17.6. The number of nitrogens with two attached hydrogens (primary N) is 1. The number of nitrogens with one attached hydrogen (secondary N) is 4. The van der Waals surface area contributed by atoms with Crippen molar-refractivity contribution in [2.24, 2.45) is 17.6 Å². The predicted molar refractivity (Wildman–Crippen MR) is 136 cm³/mol. The van der Waals surface area contributed by atoms with Crippen molar-refractivity contribution in [3.8, 4) is 0 Å². The third-order valence-electron chi connectivity index (χ3n) is 6.30. The molecule has 8 N–H and O–H groups in total. The Hall–Kier alpha value is -3.26. The monoisotopic (exact) mass is 542 g/mol. The van der Waals surface area contributed by atoms with Crippen molar-refractivity contribution in [3.63, 3.8) is 0 Å². The summed E-state index contributed by atoms with van der Waals surface area (Å²) in [5.74, 6) is -5.05. The molecule has 216 valence electrons. The molecule has 1 fully saturated rings. The van der Waals surface area contributed by atoms with E-state index in [1.54, 1.807) is 27.7 Å². The van der Waals surface area contributed by atoms with E-state index in [2.05, 4.69) is 21.3 Å². The molecular formula is C24H42N6O8. The van der Waals surface area contributed by atoms with Crippen LogP contribution in [0.25, 0.3) is 0 Å². The van der Waals surface area contributed by atoms with Crippen LogP contribution in [0.3, 0.4) is 0 Å². The number of nitrogens with zero attached hydrogens (tertiary/aromatic N) is 1. The molecule has 0 saturated carbocycles. The quantitative estimate of drug-likeness (QED) is 0.132. The molecule has 14 nitrogen and oxygen atoms in total. The number of carboxylic acid groups (broad SMARTS) is 1. The van der Waals surface area contributed by atoms with E-state index in [0.717, 1.165) is 0 Å². The molecule has 0 aromatic rings. The predicted octanol–water partition coefficient (Wildman–Crippen LogP) is -2.33. The zero-order chi connectivity index (χ0) is 29.3. The fourth-order valence-corrected chi connectivity index (χ4v) is 3.94. The Morgan fingerprint density at radius 1 is 0.868 bits per heavy atom. The van der Waals surface area contributed by atoms with Crippen molar-refractivity contribution in [3.05, 3.63) is 0 Å². The first-order valence-corrected chi connectivity index (χ1v) is 12.7. The van der Waals surface area contributed by atoms with Gasteiger partial charge in [-0.15, -0.1) is 0 Å². The second-order valence-corrected chi connectivity index (χ2v) is 10.3. The van der Waals surface area contributed by atoms with Crippen LogP contribution in [0.5, 0.6) is 0 Å². The van der Waals surface area contributed by atoms with Gasteiger partial charge < -0.3 is 42.1 Å². The highest BCUT2D eigenvalue weighted by Crippen LogP contribution is 2.19. The summed E-state index contributed by atoms with van der Waals surface area (Å²) in [6.07, 6.45) is -0.161. The van der Waals surface area contributed by atoms with Gasteiger partial charge in [0.25, 0.3) is 0 Å². The van der Waals surface area contributed by atoms with Gasteiger partial charge in [0.15, 0.2) is 0 Å². The molecule has 0 aromatic carbocycles. The van der Waals surface area contributed by atoms with E-state index in [1.807, 2.05) is 0 Å². The smallest absolute Gasteiger partial charge is 0.322 e. The molecule has 6 atom stereocenters. The molecule has 0 radical (unpaired) electrons. The van der Waals surface area contributed by atoms with Gasteiger partial charge >= 0.3 is 5.97 Å². The van der Waals surface area contributed by atoms with Crippen LogP contribution >= 0.6 is 0 Å². The molecule has 0 spiro atoms. The maximum absolute atomic E-state index is 13.0. The highest BCUT2D eigenvalue weighted by molar-refractivity contribution is 5.96. The number of aliphatic hydroxyl groups is 1. The van der Waals surface area contributed by atoms with E-state index >= 15 is 0 Å². The van der Waals surface area contributed by atoms with Crippen LogP contribution in [0.15, 0.2) is 0 Å². The highest BCUT2D eigenvalue weighted by atomic mass is 16.4. The number of likely N-dealkylation sites (tertiary alicyclic amines) is 1. The summed E-state index contributed by atoms with van der Waals surface area (Å²) in [4.78, 5) is 75.7. The Kier molecular flexibility index (Phi) is 12.6. The number of carbonyl (C=O) groups is 6. The number of carboxylic acids is 1. The van der Waals surface area contributed by atoms with E-state index in [0.29, 0.717) is 19.4 Å². The molecule has 5 amide bonds.